The number of aromatic nitrogens is 4. The third kappa shape index (κ3) is 6.42. The molecule has 13 heteroatoms. The van der Waals surface area contributed by atoms with Crippen LogP contribution < -0.4 is 9.47 Å². The Hall–Kier alpha value is -3.80. The molecule has 0 unspecified atom stereocenters. The Morgan fingerprint density at radius 2 is 1.41 bits per heavy atom. The molecule has 3 aromatic heterocycles. The van der Waals surface area contributed by atoms with Gasteiger partial charge in [-0.25, -0.2) is 14.6 Å². The van der Waals surface area contributed by atoms with Gasteiger partial charge in [0.1, 0.15) is 11.4 Å². The van der Waals surface area contributed by atoms with Gasteiger partial charge in [0.25, 0.3) is 0 Å². The lowest BCUT2D eigenvalue weighted by Crippen LogP contribution is -2.07. The van der Waals surface area contributed by atoms with Gasteiger partial charge < -0.3 is 28.9 Å². The van der Waals surface area contributed by atoms with Crippen molar-refractivity contribution in [1.82, 2.24) is 19.9 Å². The number of ether oxygens (including phenoxy) is 4. The van der Waals surface area contributed by atoms with Gasteiger partial charge in [-0.15, -0.1) is 0 Å². The van der Waals surface area contributed by atoms with Crippen molar-refractivity contribution in [1.29, 1.82) is 0 Å². The maximum absolute atomic E-state index is 12.4. The molecule has 3 heterocycles. The number of benzene rings is 2. The zero-order chi connectivity index (χ0) is 29.7. The first-order valence-corrected chi connectivity index (χ1v) is 13.8. The van der Waals surface area contributed by atoms with Crippen molar-refractivity contribution in [3.05, 3.63) is 68.5 Å². The standard InChI is InChI=1S/C17H16ClN3O4.C11H9BrClNO2/c1-4-25-16(22)14-13(10-7-9(18)5-6-12(10)20-14)11-8-19-17(24-3)21-15(11)23-2;1-2-16-11(15)10-9(12)7-5-6(13)3-4-8(7)14-10/h5-8,20H,4H2,1-3H3;3-5,14H,2H2,1H3. The lowest BCUT2D eigenvalue weighted by atomic mass is 10.0. The Morgan fingerprint density at radius 3 is 2.00 bits per heavy atom. The molecular formula is C28H25BrCl2N4O6. The third-order valence-corrected chi connectivity index (χ3v) is 7.09. The number of H-pyrrole nitrogens is 2. The fourth-order valence-electron chi connectivity index (χ4n) is 4.05. The summed E-state index contributed by atoms with van der Waals surface area (Å²) in [7, 11) is 2.95. The van der Waals surface area contributed by atoms with Crippen LogP contribution in [0.1, 0.15) is 34.8 Å². The van der Waals surface area contributed by atoms with E-state index in [0.29, 0.717) is 37.9 Å². The molecular weight excluding hydrogens is 639 g/mol. The summed E-state index contributed by atoms with van der Waals surface area (Å²) in [4.78, 5) is 38.4. The molecule has 0 bridgehead atoms. The molecule has 0 saturated carbocycles. The first-order valence-electron chi connectivity index (χ1n) is 12.3. The first-order chi connectivity index (χ1) is 19.7. The van der Waals surface area contributed by atoms with Crippen LogP contribution >= 0.6 is 39.1 Å². The topological polar surface area (TPSA) is 128 Å². The van der Waals surface area contributed by atoms with Crippen molar-refractivity contribution >= 4 is 72.9 Å². The summed E-state index contributed by atoms with van der Waals surface area (Å²) in [5, 5.41) is 2.78. The molecule has 0 amide bonds. The van der Waals surface area contributed by atoms with Crippen molar-refractivity contribution in [2.24, 2.45) is 0 Å². The average molecular weight is 664 g/mol. The molecule has 0 radical (unpaired) electrons. The lowest BCUT2D eigenvalue weighted by Gasteiger charge is -2.09. The predicted molar refractivity (Wildman–Crippen MR) is 160 cm³/mol. The average Bonchev–Trinajstić information content (AvgIpc) is 3.50. The number of aromatic amines is 2. The van der Waals surface area contributed by atoms with Gasteiger partial charge in [-0.1, -0.05) is 23.2 Å². The number of carbonyl (C=O) groups is 2. The first kappa shape index (κ1) is 30.2. The maximum Gasteiger partial charge on any atom is 0.355 e. The van der Waals surface area contributed by atoms with Crippen molar-refractivity contribution in [3.8, 4) is 23.0 Å². The van der Waals surface area contributed by atoms with E-state index in [9.17, 15) is 9.59 Å². The van der Waals surface area contributed by atoms with Crippen LogP contribution in [0.4, 0.5) is 0 Å². The second-order valence-corrected chi connectivity index (χ2v) is 9.96. The number of hydrogen-bond donors (Lipinski definition) is 2. The minimum atomic E-state index is -0.484. The highest BCUT2D eigenvalue weighted by molar-refractivity contribution is 9.10. The Bertz CT molecular complexity index is 1740. The van der Waals surface area contributed by atoms with Crippen LogP contribution in [-0.4, -0.2) is 59.3 Å². The van der Waals surface area contributed by atoms with Gasteiger partial charge in [0.05, 0.1) is 37.5 Å². The molecule has 5 rings (SSSR count). The van der Waals surface area contributed by atoms with E-state index in [0.717, 1.165) is 21.8 Å². The molecule has 0 aliphatic heterocycles. The molecule has 10 nitrogen and oxygen atoms in total. The number of hydrogen-bond acceptors (Lipinski definition) is 8. The summed E-state index contributed by atoms with van der Waals surface area (Å²) in [5.41, 5.74) is 3.38. The van der Waals surface area contributed by atoms with Crippen LogP contribution in [0.2, 0.25) is 10.0 Å². The van der Waals surface area contributed by atoms with Gasteiger partial charge in [0.2, 0.25) is 5.88 Å². The van der Waals surface area contributed by atoms with E-state index in [-0.39, 0.29) is 30.2 Å². The van der Waals surface area contributed by atoms with E-state index in [2.05, 4.69) is 35.9 Å². The van der Waals surface area contributed by atoms with Gasteiger partial charge in [-0.3, -0.25) is 0 Å². The Balaban J connectivity index is 0.000000208. The van der Waals surface area contributed by atoms with Gasteiger partial charge in [0, 0.05) is 43.6 Å². The highest BCUT2D eigenvalue weighted by Crippen LogP contribution is 2.38. The lowest BCUT2D eigenvalue weighted by molar-refractivity contribution is 0.0511. The van der Waals surface area contributed by atoms with E-state index in [1.807, 2.05) is 6.07 Å². The molecule has 214 valence electrons. The molecule has 2 N–H and O–H groups in total. The Kier molecular flexibility index (Phi) is 9.74. The molecule has 0 atom stereocenters. The van der Waals surface area contributed by atoms with Gasteiger partial charge in [0.15, 0.2) is 0 Å². The van der Waals surface area contributed by atoms with E-state index >= 15 is 0 Å². The third-order valence-electron chi connectivity index (χ3n) is 5.79. The molecule has 0 aliphatic carbocycles. The highest BCUT2D eigenvalue weighted by Gasteiger charge is 2.24. The number of methoxy groups -OCH3 is 2. The highest BCUT2D eigenvalue weighted by atomic mass is 79.9. The number of nitrogens with zero attached hydrogens (tertiary/aromatic N) is 2. The zero-order valence-electron chi connectivity index (χ0n) is 22.4. The fraction of sp³-hybridized carbons (Fsp3) is 0.214. The monoisotopic (exact) mass is 662 g/mol. The Morgan fingerprint density at radius 1 is 0.854 bits per heavy atom. The molecule has 0 aliphatic rings. The molecule has 41 heavy (non-hydrogen) atoms. The van der Waals surface area contributed by atoms with E-state index in [1.165, 1.54) is 20.4 Å². The van der Waals surface area contributed by atoms with E-state index < -0.39 is 5.97 Å². The quantitative estimate of drug-likeness (QED) is 0.175. The number of fused-ring (bicyclic) bond motifs is 2. The summed E-state index contributed by atoms with van der Waals surface area (Å²) >= 11 is 15.4. The second-order valence-electron chi connectivity index (χ2n) is 8.29. The number of esters is 2. The molecule has 0 fully saturated rings. The summed E-state index contributed by atoms with van der Waals surface area (Å²) in [6.45, 7) is 4.12. The number of halogens is 3. The number of nitrogens with one attached hydrogen (secondary N) is 2. The predicted octanol–water partition coefficient (Wildman–Crippen LogP) is 7.23. The molecule has 2 aromatic carbocycles. The van der Waals surface area contributed by atoms with Crippen LogP contribution in [0.15, 0.2) is 47.1 Å². The normalized spacial score (nSPS) is 10.7. The van der Waals surface area contributed by atoms with Gasteiger partial charge in [-0.2, -0.15) is 4.98 Å². The van der Waals surface area contributed by atoms with Crippen molar-refractivity contribution in [2.75, 3.05) is 27.4 Å². The van der Waals surface area contributed by atoms with E-state index in [1.54, 1.807) is 44.2 Å². The van der Waals surface area contributed by atoms with Gasteiger partial charge >= 0.3 is 17.9 Å². The smallest absolute Gasteiger partial charge is 0.355 e. The molecule has 0 spiro atoms. The largest absolute Gasteiger partial charge is 0.480 e. The minimum absolute atomic E-state index is 0.163. The summed E-state index contributed by atoms with van der Waals surface area (Å²) in [6.07, 6.45) is 1.54. The van der Waals surface area contributed by atoms with Crippen LogP contribution in [0.25, 0.3) is 32.9 Å². The van der Waals surface area contributed by atoms with Crippen LogP contribution in [-0.2, 0) is 9.47 Å². The SMILES string of the molecule is CCOC(=O)c1[nH]c2ccc(Cl)cc2c1-c1cnc(OC)nc1OC.CCOC(=O)c1[nH]c2ccc(Cl)cc2c1Br. The summed E-state index contributed by atoms with van der Waals surface area (Å²) in [5.74, 6) is -0.581. The molecule has 0 saturated heterocycles. The van der Waals surface area contributed by atoms with Crippen LogP contribution in [0.3, 0.4) is 0 Å². The van der Waals surface area contributed by atoms with Crippen molar-refractivity contribution < 1.29 is 28.5 Å². The second kappa shape index (κ2) is 13.2. The fourth-order valence-corrected chi connectivity index (χ4v) is 4.99. The van der Waals surface area contributed by atoms with Crippen LogP contribution in [0.5, 0.6) is 11.9 Å². The Labute approximate surface area is 253 Å². The zero-order valence-corrected chi connectivity index (χ0v) is 25.5. The maximum atomic E-state index is 12.4. The molecule has 5 aromatic rings. The summed E-state index contributed by atoms with van der Waals surface area (Å²) in [6, 6.07) is 10.8. The number of carbonyl (C=O) groups excluding carboxylic acids is 2. The summed E-state index contributed by atoms with van der Waals surface area (Å²) < 4.78 is 21.2. The van der Waals surface area contributed by atoms with Gasteiger partial charge in [-0.05, 0) is 66.2 Å². The van der Waals surface area contributed by atoms with Crippen molar-refractivity contribution in [3.63, 3.8) is 0 Å². The van der Waals surface area contributed by atoms with E-state index in [4.69, 9.17) is 42.1 Å². The van der Waals surface area contributed by atoms with Crippen LogP contribution in [0, 0.1) is 0 Å². The van der Waals surface area contributed by atoms with Crippen molar-refractivity contribution in [2.45, 2.75) is 13.8 Å². The number of rotatable bonds is 7. The minimum Gasteiger partial charge on any atom is -0.480 e.